The highest BCUT2D eigenvalue weighted by Gasteiger charge is 2.35. The highest BCUT2D eigenvalue weighted by atomic mass is 79.9. The third-order valence-electron chi connectivity index (χ3n) is 4.79. The van der Waals surface area contributed by atoms with Gasteiger partial charge in [-0.05, 0) is 54.1 Å². The van der Waals surface area contributed by atoms with Crippen molar-refractivity contribution in [3.05, 3.63) is 104 Å². The van der Waals surface area contributed by atoms with Gasteiger partial charge in [-0.3, -0.25) is 14.5 Å². The zero-order valence-corrected chi connectivity index (χ0v) is 19.3. The van der Waals surface area contributed by atoms with Gasteiger partial charge in [-0.1, -0.05) is 76.1 Å². The Hall–Kier alpha value is -2.83. The number of carbonyl (C=O) groups is 2. The average Bonchev–Trinajstić information content (AvgIpc) is 3.01. The van der Waals surface area contributed by atoms with Gasteiger partial charge in [0.2, 0.25) is 0 Å². The Balaban J connectivity index is 1.55. The topological polar surface area (TPSA) is 46.6 Å². The normalized spacial score (nSPS) is 15.0. The van der Waals surface area contributed by atoms with Crippen molar-refractivity contribution >= 4 is 44.9 Å². The highest BCUT2D eigenvalue weighted by Crippen LogP contribution is 2.36. The van der Waals surface area contributed by atoms with E-state index in [1.54, 1.807) is 6.08 Å². The number of benzene rings is 3. The minimum absolute atomic E-state index is 0.263. The molecule has 1 saturated heterocycles. The first kappa shape index (κ1) is 21.4. The maximum absolute atomic E-state index is 12.9. The second kappa shape index (κ2) is 9.54. The quantitative estimate of drug-likeness (QED) is 0.364. The molecule has 3 aromatic carbocycles. The fraction of sp³-hybridized carbons (Fsp3) is 0.120. The van der Waals surface area contributed by atoms with E-state index < -0.39 is 0 Å². The van der Waals surface area contributed by atoms with Crippen LogP contribution in [0.3, 0.4) is 0 Å². The molecule has 0 unspecified atom stereocenters. The second-order valence-electron chi connectivity index (χ2n) is 7.21. The lowest BCUT2D eigenvalue weighted by Gasteiger charge is -2.13. The van der Waals surface area contributed by atoms with Crippen molar-refractivity contribution in [3.63, 3.8) is 0 Å². The van der Waals surface area contributed by atoms with Crippen LogP contribution in [0.15, 0.2) is 82.2 Å². The molecule has 0 bridgehead atoms. The molecule has 31 heavy (non-hydrogen) atoms. The van der Waals surface area contributed by atoms with E-state index in [1.165, 1.54) is 4.90 Å². The maximum Gasteiger partial charge on any atom is 0.293 e. The summed E-state index contributed by atoms with van der Waals surface area (Å²) >= 11 is 4.43. The van der Waals surface area contributed by atoms with E-state index >= 15 is 0 Å². The Bertz CT molecular complexity index is 1160. The Morgan fingerprint density at radius 2 is 1.74 bits per heavy atom. The second-order valence-corrected chi connectivity index (χ2v) is 9.12. The van der Waals surface area contributed by atoms with Crippen LogP contribution in [0.4, 0.5) is 4.79 Å². The molecule has 1 aliphatic rings. The van der Waals surface area contributed by atoms with E-state index in [-0.39, 0.29) is 17.7 Å². The van der Waals surface area contributed by atoms with E-state index in [4.69, 9.17) is 4.74 Å². The molecule has 1 heterocycles. The van der Waals surface area contributed by atoms with Crippen LogP contribution in [0.25, 0.3) is 6.08 Å². The summed E-state index contributed by atoms with van der Waals surface area (Å²) in [6, 6.07) is 23.3. The summed E-state index contributed by atoms with van der Waals surface area (Å²) in [5.74, 6) is 0.364. The number of imide groups is 1. The summed E-state index contributed by atoms with van der Waals surface area (Å²) in [6.07, 6.45) is 1.73. The lowest BCUT2D eigenvalue weighted by molar-refractivity contribution is -0.123. The molecule has 1 fully saturated rings. The van der Waals surface area contributed by atoms with Crippen LogP contribution in [0, 0.1) is 6.92 Å². The summed E-state index contributed by atoms with van der Waals surface area (Å²) < 4.78 is 6.87. The summed E-state index contributed by atoms with van der Waals surface area (Å²) in [6.45, 7) is 2.67. The van der Waals surface area contributed by atoms with Gasteiger partial charge in [0.25, 0.3) is 11.1 Å². The number of carbonyl (C=O) groups excluding carboxylic acids is 2. The molecule has 0 spiro atoms. The van der Waals surface area contributed by atoms with Crippen molar-refractivity contribution in [2.75, 3.05) is 0 Å². The predicted octanol–water partition coefficient (Wildman–Crippen LogP) is 6.57. The minimum atomic E-state index is -0.287. The van der Waals surface area contributed by atoms with Crippen LogP contribution < -0.4 is 4.74 Å². The number of halogens is 1. The van der Waals surface area contributed by atoms with Gasteiger partial charge in [-0.25, -0.2) is 0 Å². The van der Waals surface area contributed by atoms with Crippen molar-refractivity contribution in [3.8, 4) is 5.75 Å². The first-order valence-electron chi connectivity index (χ1n) is 9.77. The smallest absolute Gasteiger partial charge is 0.293 e. The molecular formula is C25H20BrNO3S. The number of nitrogens with zero attached hydrogens (tertiary/aromatic N) is 1. The van der Waals surface area contributed by atoms with Gasteiger partial charge in [0, 0.05) is 10.0 Å². The van der Waals surface area contributed by atoms with Crippen molar-refractivity contribution in [2.45, 2.75) is 20.1 Å². The van der Waals surface area contributed by atoms with Crippen LogP contribution in [0.1, 0.15) is 22.3 Å². The molecular weight excluding hydrogens is 474 g/mol. The third-order valence-corrected chi connectivity index (χ3v) is 6.19. The predicted molar refractivity (Wildman–Crippen MR) is 128 cm³/mol. The fourth-order valence-corrected chi connectivity index (χ4v) is 4.48. The van der Waals surface area contributed by atoms with Gasteiger partial charge in [-0.15, -0.1) is 0 Å². The van der Waals surface area contributed by atoms with Gasteiger partial charge >= 0.3 is 0 Å². The van der Waals surface area contributed by atoms with E-state index in [0.29, 0.717) is 17.3 Å². The maximum atomic E-state index is 12.9. The molecule has 4 rings (SSSR count). The van der Waals surface area contributed by atoms with Gasteiger partial charge in [0.05, 0.1) is 11.4 Å². The molecule has 0 aromatic heterocycles. The Kier molecular flexibility index (Phi) is 6.59. The number of aryl methyl sites for hydroxylation is 1. The van der Waals surface area contributed by atoms with Crippen LogP contribution in [-0.4, -0.2) is 16.0 Å². The van der Waals surface area contributed by atoms with Crippen molar-refractivity contribution in [2.24, 2.45) is 0 Å². The molecule has 6 heteroatoms. The number of hydrogen-bond acceptors (Lipinski definition) is 4. The molecule has 0 saturated carbocycles. The van der Waals surface area contributed by atoms with E-state index in [0.717, 1.165) is 38.5 Å². The third kappa shape index (κ3) is 5.27. The van der Waals surface area contributed by atoms with Crippen LogP contribution in [-0.2, 0) is 17.9 Å². The zero-order chi connectivity index (χ0) is 21.8. The van der Waals surface area contributed by atoms with Crippen LogP contribution >= 0.6 is 27.7 Å². The molecule has 0 atom stereocenters. The van der Waals surface area contributed by atoms with Crippen LogP contribution in [0.5, 0.6) is 5.75 Å². The number of thioether (sulfide) groups is 1. The summed E-state index contributed by atoms with van der Waals surface area (Å²) in [7, 11) is 0. The molecule has 2 amide bonds. The SMILES string of the molecule is Cc1cccc(CN2C(=O)S/C(=C\c3cc(Br)ccc3OCc3ccccc3)C2=O)c1. The number of rotatable bonds is 6. The van der Waals surface area contributed by atoms with E-state index in [2.05, 4.69) is 15.9 Å². The van der Waals surface area contributed by atoms with E-state index in [1.807, 2.05) is 79.7 Å². The van der Waals surface area contributed by atoms with Gasteiger partial charge < -0.3 is 4.74 Å². The largest absolute Gasteiger partial charge is 0.488 e. The Labute approximate surface area is 194 Å². The molecule has 1 aliphatic heterocycles. The highest BCUT2D eigenvalue weighted by molar-refractivity contribution is 9.10. The number of amides is 2. The summed E-state index contributed by atoms with van der Waals surface area (Å²) in [5, 5.41) is -0.264. The lowest BCUT2D eigenvalue weighted by Crippen LogP contribution is -2.27. The minimum Gasteiger partial charge on any atom is -0.488 e. The molecule has 0 N–H and O–H groups in total. The first-order chi connectivity index (χ1) is 15.0. The van der Waals surface area contributed by atoms with Gasteiger partial charge in [-0.2, -0.15) is 0 Å². The zero-order valence-electron chi connectivity index (χ0n) is 16.9. The summed E-state index contributed by atoms with van der Waals surface area (Å²) in [4.78, 5) is 27.1. The van der Waals surface area contributed by atoms with Crippen molar-refractivity contribution in [1.29, 1.82) is 0 Å². The van der Waals surface area contributed by atoms with Crippen molar-refractivity contribution in [1.82, 2.24) is 4.90 Å². The molecule has 3 aromatic rings. The average molecular weight is 494 g/mol. The Morgan fingerprint density at radius 1 is 0.968 bits per heavy atom. The van der Waals surface area contributed by atoms with Gasteiger partial charge in [0.15, 0.2) is 0 Å². The number of hydrogen-bond donors (Lipinski definition) is 0. The Morgan fingerprint density at radius 3 is 2.52 bits per heavy atom. The molecule has 4 nitrogen and oxygen atoms in total. The molecule has 0 aliphatic carbocycles. The standard InChI is InChI=1S/C25H20BrNO3S/c1-17-6-5-9-19(12-17)15-27-24(28)23(31-25(27)29)14-20-13-21(26)10-11-22(20)30-16-18-7-3-2-4-8-18/h2-14H,15-16H2,1H3/b23-14-. The molecule has 156 valence electrons. The monoisotopic (exact) mass is 493 g/mol. The number of ether oxygens (including phenoxy) is 1. The van der Waals surface area contributed by atoms with E-state index in [9.17, 15) is 9.59 Å². The molecule has 0 radical (unpaired) electrons. The van der Waals surface area contributed by atoms with Gasteiger partial charge in [0.1, 0.15) is 12.4 Å². The summed E-state index contributed by atoms with van der Waals surface area (Å²) in [5.41, 5.74) is 3.81. The first-order valence-corrected chi connectivity index (χ1v) is 11.4. The fourth-order valence-electron chi connectivity index (χ4n) is 3.27. The van der Waals surface area contributed by atoms with Crippen molar-refractivity contribution < 1.29 is 14.3 Å². The lowest BCUT2D eigenvalue weighted by atomic mass is 10.1. The van der Waals surface area contributed by atoms with Crippen LogP contribution in [0.2, 0.25) is 0 Å².